The first-order chi connectivity index (χ1) is 12.1. The van der Waals surface area contributed by atoms with E-state index in [0.717, 1.165) is 11.3 Å². The summed E-state index contributed by atoms with van der Waals surface area (Å²) in [4.78, 5) is 28.3. The Morgan fingerprint density at radius 3 is 2.96 bits per heavy atom. The molecule has 1 aliphatic rings. The summed E-state index contributed by atoms with van der Waals surface area (Å²) < 4.78 is 30.8. The number of carbonyl (C=O) groups is 2. The van der Waals surface area contributed by atoms with E-state index in [1.54, 1.807) is 6.92 Å². The molecular weight excluding hydrogens is 351 g/mol. The first-order valence-electron chi connectivity index (χ1n) is 7.56. The molecule has 0 bridgehead atoms. The minimum absolute atomic E-state index is 0.0161. The van der Waals surface area contributed by atoms with Gasteiger partial charge in [0.1, 0.15) is 31.8 Å². The summed E-state index contributed by atoms with van der Waals surface area (Å²) in [5.74, 6) is -1.54. The number of fused-ring (bicyclic) bond motifs is 1. The largest absolute Gasteiger partial charge is 0.494 e. The van der Waals surface area contributed by atoms with Gasteiger partial charge in [-0.25, -0.2) is 4.39 Å². The standard InChI is InChI=1S/C16H15FN2O5S/c1-2-23-14(20)8-19-11-4-3-10(17)7-13(11)25-16(19)18-15(21)12-9-22-5-6-24-12/h3-4,7,9H,2,5-6,8H2,1H3. The van der Waals surface area contributed by atoms with E-state index < -0.39 is 17.7 Å². The number of benzene rings is 1. The minimum Gasteiger partial charge on any atom is -0.494 e. The molecule has 3 rings (SSSR count). The lowest BCUT2D eigenvalue weighted by Gasteiger charge is -2.12. The maximum absolute atomic E-state index is 13.5. The van der Waals surface area contributed by atoms with E-state index in [4.69, 9.17) is 14.2 Å². The van der Waals surface area contributed by atoms with E-state index >= 15 is 0 Å². The smallest absolute Gasteiger partial charge is 0.326 e. The molecule has 1 aromatic heterocycles. The summed E-state index contributed by atoms with van der Waals surface area (Å²) in [6.45, 7) is 2.42. The number of amides is 1. The van der Waals surface area contributed by atoms with Crippen molar-refractivity contribution in [3.8, 4) is 0 Å². The van der Waals surface area contributed by atoms with Crippen LogP contribution in [0.5, 0.6) is 0 Å². The Balaban J connectivity index is 2.05. The zero-order valence-corrected chi connectivity index (χ0v) is 14.2. The first kappa shape index (κ1) is 17.2. The minimum atomic E-state index is -0.635. The second-order valence-electron chi connectivity index (χ2n) is 5.01. The molecule has 1 aromatic carbocycles. The van der Waals surface area contributed by atoms with E-state index in [-0.39, 0.29) is 30.3 Å². The van der Waals surface area contributed by atoms with E-state index in [9.17, 15) is 14.0 Å². The lowest BCUT2D eigenvalue weighted by molar-refractivity contribution is -0.143. The lowest BCUT2D eigenvalue weighted by atomic mass is 10.3. The molecule has 2 heterocycles. The van der Waals surface area contributed by atoms with Crippen molar-refractivity contribution in [3.63, 3.8) is 0 Å². The third-order valence-electron chi connectivity index (χ3n) is 3.29. The Kier molecular flexibility index (Phi) is 5.13. The molecule has 132 valence electrons. The van der Waals surface area contributed by atoms with Crippen LogP contribution in [0.25, 0.3) is 10.2 Å². The Hall–Kier alpha value is -2.68. The van der Waals surface area contributed by atoms with Crippen molar-refractivity contribution in [2.24, 2.45) is 4.99 Å². The average Bonchev–Trinajstić information content (AvgIpc) is 2.92. The van der Waals surface area contributed by atoms with Crippen LogP contribution in [0.3, 0.4) is 0 Å². The summed E-state index contributed by atoms with van der Waals surface area (Å²) in [7, 11) is 0. The fourth-order valence-electron chi connectivity index (χ4n) is 2.24. The van der Waals surface area contributed by atoms with Crippen LogP contribution in [-0.2, 0) is 30.3 Å². The van der Waals surface area contributed by atoms with Crippen molar-refractivity contribution in [3.05, 3.63) is 40.8 Å². The van der Waals surface area contributed by atoms with Gasteiger partial charge in [0.05, 0.1) is 16.8 Å². The van der Waals surface area contributed by atoms with Gasteiger partial charge < -0.3 is 18.8 Å². The van der Waals surface area contributed by atoms with Crippen LogP contribution in [0.4, 0.5) is 4.39 Å². The quantitative estimate of drug-likeness (QED) is 0.770. The van der Waals surface area contributed by atoms with Gasteiger partial charge in [0, 0.05) is 0 Å². The number of esters is 1. The van der Waals surface area contributed by atoms with Crippen LogP contribution in [0, 0.1) is 5.82 Å². The number of hydrogen-bond acceptors (Lipinski definition) is 6. The molecule has 0 radical (unpaired) electrons. The van der Waals surface area contributed by atoms with Gasteiger partial charge in [-0.1, -0.05) is 11.3 Å². The zero-order chi connectivity index (χ0) is 17.8. The SMILES string of the molecule is CCOC(=O)Cn1c(=NC(=O)C2=COCCO2)sc2cc(F)ccc21. The van der Waals surface area contributed by atoms with Gasteiger partial charge in [0.25, 0.3) is 0 Å². The highest BCUT2D eigenvalue weighted by atomic mass is 32.1. The lowest BCUT2D eigenvalue weighted by Crippen LogP contribution is -2.24. The number of ether oxygens (including phenoxy) is 3. The van der Waals surface area contributed by atoms with Crippen molar-refractivity contribution >= 4 is 33.4 Å². The molecule has 9 heteroatoms. The molecule has 0 unspecified atom stereocenters. The molecule has 25 heavy (non-hydrogen) atoms. The van der Waals surface area contributed by atoms with Crippen LogP contribution < -0.4 is 4.80 Å². The van der Waals surface area contributed by atoms with E-state index in [1.165, 1.54) is 29.0 Å². The Morgan fingerprint density at radius 1 is 1.40 bits per heavy atom. The van der Waals surface area contributed by atoms with Gasteiger partial charge in [-0.05, 0) is 25.1 Å². The molecule has 0 saturated carbocycles. The molecule has 1 aliphatic heterocycles. The van der Waals surface area contributed by atoms with Crippen molar-refractivity contribution in [1.29, 1.82) is 0 Å². The Labute approximate surface area is 145 Å². The summed E-state index contributed by atoms with van der Waals surface area (Å²) in [6.07, 6.45) is 1.21. The highest BCUT2D eigenvalue weighted by Gasteiger charge is 2.17. The summed E-state index contributed by atoms with van der Waals surface area (Å²) in [5.41, 5.74) is 0.584. The van der Waals surface area contributed by atoms with Crippen molar-refractivity contribution < 1.29 is 28.2 Å². The molecule has 0 fully saturated rings. The average molecular weight is 366 g/mol. The van der Waals surface area contributed by atoms with E-state index in [1.807, 2.05) is 0 Å². The summed E-state index contributed by atoms with van der Waals surface area (Å²) in [5, 5.41) is 0. The molecule has 7 nitrogen and oxygen atoms in total. The monoisotopic (exact) mass is 366 g/mol. The van der Waals surface area contributed by atoms with Crippen LogP contribution in [0.15, 0.2) is 35.2 Å². The predicted molar refractivity (Wildman–Crippen MR) is 87.0 cm³/mol. The normalized spacial score (nSPS) is 14.6. The van der Waals surface area contributed by atoms with Crippen molar-refractivity contribution in [2.75, 3.05) is 19.8 Å². The van der Waals surface area contributed by atoms with Crippen LogP contribution >= 0.6 is 11.3 Å². The number of thiazole rings is 1. The molecule has 0 saturated heterocycles. The molecule has 0 N–H and O–H groups in total. The highest BCUT2D eigenvalue weighted by molar-refractivity contribution is 7.16. The van der Waals surface area contributed by atoms with Crippen LogP contribution in [-0.4, -0.2) is 36.3 Å². The van der Waals surface area contributed by atoms with Crippen LogP contribution in [0.1, 0.15) is 6.92 Å². The fourth-order valence-corrected chi connectivity index (χ4v) is 3.30. The molecule has 0 spiro atoms. The van der Waals surface area contributed by atoms with Crippen molar-refractivity contribution in [1.82, 2.24) is 4.57 Å². The third kappa shape index (κ3) is 3.87. The van der Waals surface area contributed by atoms with E-state index in [0.29, 0.717) is 16.8 Å². The topological polar surface area (TPSA) is 79.1 Å². The molecule has 0 aliphatic carbocycles. The van der Waals surface area contributed by atoms with E-state index in [2.05, 4.69) is 4.99 Å². The molecule has 0 atom stereocenters. The van der Waals surface area contributed by atoms with Crippen molar-refractivity contribution in [2.45, 2.75) is 13.5 Å². The fraction of sp³-hybridized carbons (Fsp3) is 0.312. The summed E-state index contributed by atoms with van der Waals surface area (Å²) >= 11 is 1.09. The number of aromatic nitrogens is 1. The van der Waals surface area contributed by atoms with Gasteiger partial charge in [-0.15, -0.1) is 0 Å². The zero-order valence-electron chi connectivity index (χ0n) is 13.4. The van der Waals surface area contributed by atoms with Crippen LogP contribution in [0.2, 0.25) is 0 Å². The number of rotatable bonds is 4. The first-order valence-corrected chi connectivity index (χ1v) is 8.38. The Morgan fingerprint density at radius 2 is 2.24 bits per heavy atom. The van der Waals surface area contributed by atoms with Gasteiger partial charge in [-0.2, -0.15) is 4.99 Å². The maximum atomic E-state index is 13.5. The molecular formula is C16H15FN2O5S. The molecule has 1 amide bonds. The van der Waals surface area contributed by atoms with Gasteiger partial charge in [0.15, 0.2) is 4.80 Å². The third-order valence-corrected chi connectivity index (χ3v) is 4.34. The Bertz CT molecular complexity index is 915. The second-order valence-corrected chi connectivity index (χ2v) is 6.02. The van der Waals surface area contributed by atoms with Gasteiger partial charge in [-0.3, -0.25) is 9.59 Å². The number of carbonyl (C=O) groups excluding carboxylic acids is 2. The number of hydrogen-bond donors (Lipinski definition) is 0. The number of halogens is 1. The highest BCUT2D eigenvalue weighted by Crippen LogP contribution is 2.19. The van der Waals surface area contributed by atoms with Gasteiger partial charge in [0.2, 0.25) is 5.76 Å². The molecule has 2 aromatic rings. The number of nitrogens with zero attached hydrogens (tertiary/aromatic N) is 2. The van der Waals surface area contributed by atoms with Gasteiger partial charge >= 0.3 is 11.9 Å². The predicted octanol–water partition coefficient (Wildman–Crippen LogP) is 1.72. The maximum Gasteiger partial charge on any atom is 0.326 e. The summed E-state index contributed by atoms with van der Waals surface area (Å²) in [6, 6.07) is 4.14. The second kappa shape index (κ2) is 7.47.